The van der Waals surface area contributed by atoms with Crippen LogP contribution in [0, 0.1) is 0 Å². The molecule has 0 aliphatic carbocycles. The van der Waals surface area contributed by atoms with Gasteiger partial charge in [-0.15, -0.1) is 0 Å². The van der Waals surface area contributed by atoms with Crippen molar-refractivity contribution in [1.29, 1.82) is 0 Å². The summed E-state index contributed by atoms with van der Waals surface area (Å²) < 4.78 is 4.74. The highest BCUT2D eigenvalue weighted by Gasteiger charge is 2.12. The molecule has 0 radical (unpaired) electrons. The van der Waals surface area contributed by atoms with E-state index < -0.39 is 0 Å². The van der Waals surface area contributed by atoms with E-state index in [1.165, 1.54) is 7.11 Å². The Kier molecular flexibility index (Phi) is 9.57. The second-order valence-corrected chi connectivity index (χ2v) is 3.64. The number of ether oxygens (including phenoxy) is 1. The van der Waals surface area contributed by atoms with Crippen molar-refractivity contribution < 1.29 is 9.53 Å². The lowest BCUT2D eigenvalue weighted by molar-refractivity contribution is 0.0599. The van der Waals surface area contributed by atoms with E-state index in [9.17, 15) is 4.79 Å². The van der Waals surface area contributed by atoms with E-state index in [0.717, 1.165) is 5.57 Å². The van der Waals surface area contributed by atoms with E-state index in [4.69, 9.17) is 4.74 Å². The van der Waals surface area contributed by atoms with Crippen LogP contribution in [0.5, 0.6) is 0 Å². The first-order valence-electron chi connectivity index (χ1n) is 6.69. The van der Waals surface area contributed by atoms with Crippen molar-refractivity contribution in [3.8, 4) is 0 Å². The molecule has 0 saturated heterocycles. The van der Waals surface area contributed by atoms with E-state index in [1.54, 1.807) is 24.4 Å². The Bertz CT molecular complexity index is 488. The monoisotopic (exact) mass is 273 g/mol. The topological polar surface area (TPSA) is 39.2 Å². The van der Waals surface area contributed by atoms with Crippen LogP contribution in [0.3, 0.4) is 0 Å². The van der Waals surface area contributed by atoms with Crippen molar-refractivity contribution in [2.24, 2.45) is 0 Å². The predicted molar refractivity (Wildman–Crippen MR) is 83.7 cm³/mol. The maximum atomic E-state index is 11.6. The number of rotatable bonds is 5. The minimum atomic E-state index is -0.364. The van der Waals surface area contributed by atoms with Gasteiger partial charge in [-0.2, -0.15) is 0 Å². The molecule has 108 valence electrons. The van der Waals surface area contributed by atoms with Gasteiger partial charge in [-0.05, 0) is 24.6 Å². The number of carbonyl (C=O) groups is 1. The van der Waals surface area contributed by atoms with E-state index in [1.807, 2.05) is 39.0 Å². The largest absolute Gasteiger partial charge is 0.465 e. The van der Waals surface area contributed by atoms with Gasteiger partial charge >= 0.3 is 5.97 Å². The second kappa shape index (κ2) is 10.7. The molecule has 3 nitrogen and oxygen atoms in total. The molecule has 1 aromatic rings. The van der Waals surface area contributed by atoms with Gasteiger partial charge in [0, 0.05) is 12.6 Å². The summed E-state index contributed by atoms with van der Waals surface area (Å²) >= 11 is 0. The van der Waals surface area contributed by atoms with Gasteiger partial charge in [0.05, 0.1) is 18.4 Å². The summed E-state index contributed by atoms with van der Waals surface area (Å²) in [5, 5.41) is 0. The zero-order valence-electron chi connectivity index (χ0n) is 12.7. The first-order valence-corrected chi connectivity index (χ1v) is 6.69. The summed E-state index contributed by atoms with van der Waals surface area (Å²) in [6.45, 7) is 9.62. The number of hydrogen-bond donors (Lipinski definition) is 0. The first-order chi connectivity index (χ1) is 9.72. The van der Waals surface area contributed by atoms with Crippen molar-refractivity contribution >= 4 is 5.97 Å². The highest BCUT2D eigenvalue weighted by Crippen LogP contribution is 2.13. The first kappa shape index (κ1) is 17.8. The van der Waals surface area contributed by atoms with Crippen molar-refractivity contribution in [2.75, 3.05) is 7.11 Å². The molecule has 0 fully saturated rings. The summed E-state index contributed by atoms with van der Waals surface area (Å²) in [6, 6.07) is 3.44. The third-order valence-corrected chi connectivity index (χ3v) is 2.38. The Balaban J connectivity index is 0.00000172. The Hall–Kier alpha value is -2.16. The van der Waals surface area contributed by atoms with Crippen LogP contribution < -0.4 is 0 Å². The fourth-order valence-corrected chi connectivity index (χ4v) is 1.61. The standard InChI is InChI=1S/C15H17NO2.C2H6/c1-4-7-12(8-5-2)11-14-13(15(17)18-3)9-6-10-16-14;1-2/h4-10H,1,11H2,2-3H3;1-2H3/b8-5-,12-7+;. The molecular formula is C17H23NO2. The Morgan fingerprint density at radius 3 is 2.70 bits per heavy atom. The van der Waals surface area contributed by atoms with Gasteiger partial charge in [0.2, 0.25) is 0 Å². The van der Waals surface area contributed by atoms with Crippen LogP contribution in [0.15, 0.2) is 54.8 Å². The van der Waals surface area contributed by atoms with E-state index in [-0.39, 0.29) is 5.97 Å². The zero-order valence-corrected chi connectivity index (χ0v) is 12.7. The minimum absolute atomic E-state index is 0.364. The van der Waals surface area contributed by atoms with Crippen LogP contribution in [-0.4, -0.2) is 18.1 Å². The molecular weight excluding hydrogens is 250 g/mol. The Labute approximate surface area is 121 Å². The van der Waals surface area contributed by atoms with Gasteiger partial charge in [0.15, 0.2) is 0 Å². The Morgan fingerprint density at radius 1 is 1.45 bits per heavy atom. The SMILES string of the molecule is C=C/C=C(\C=C/C)Cc1ncccc1C(=O)OC.CC. The molecule has 0 amide bonds. The number of pyridine rings is 1. The van der Waals surface area contributed by atoms with E-state index in [0.29, 0.717) is 17.7 Å². The van der Waals surface area contributed by atoms with Crippen molar-refractivity contribution in [2.45, 2.75) is 27.2 Å². The second-order valence-electron chi connectivity index (χ2n) is 3.64. The number of methoxy groups -OCH3 is 1. The average molecular weight is 273 g/mol. The molecule has 0 saturated carbocycles. The van der Waals surface area contributed by atoms with Crippen LogP contribution in [0.2, 0.25) is 0 Å². The number of allylic oxidation sites excluding steroid dienone is 5. The number of hydrogen-bond acceptors (Lipinski definition) is 3. The van der Waals surface area contributed by atoms with Crippen LogP contribution in [0.1, 0.15) is 36.8 Å². The van der Waals surface area contributed by atoms with Gasteiger partial charge in [-0.25, -0.2) is 4.79 Å². The number of esters is 1. The molecule has 0 atom stereocenters. The number of aromatic nitrogens is 1. The smallest absolute Gasteiger partial charge is 0.339 e. The van der Waals surface area contributed by atoms with Crippen molar-refractivity contribution in [3.63, 3.8) is 0 Å². The molecule has 0 N–H and O–H groups in total. The zero-order chi connectivity index (χ0) is 15.4. The average Bonchev–Trinajstić information content (AvgIpc) is 2.49. The molecule has 1 rings (SSSR count). The van der Waals surface area contributed by atoms with Gasteiger partial charge in [-0.3, -0.25) is 4.98 Å². The summed E-state index contributed by atoms with van der Waals surface area (Å²) in [6.07, 6.45) is 9.77. The quantitative estimate of drug-likeness (QED) is 0.598. The molecule has 1 aromatic heterocycles. The minimum Gasteiger partial charge on any atom is -0.465 e. The summed E-state index contributed by atoms with van der Waals surface area (Å²) in [5.41, 5.74) is 2.24. The van der Waals surface area contributed by atoms with Gasteiger partial charge in [-0.1, -0.05) is 44.7 Å². The lowest BCUT2D eigenvalue weighted by Crippen LogP contribution is -2.07. The van der Waals surface area contributed by atoms with E-state index >= 15 is 0 Å². The molecule has 0 aliphatic heterocycles. The third-order valence-electron chi connectivity index (χ3n) is 2.38. The lowest BCUT2D eigenvalue weighted by atomic mass is 10.0. The lowest BCUT2D eigenvalue weighted by Gasteiger charge is -2.07. The highest BCUT2D eigenvalue weighted by atomic mass is 16.5. The van der Waals surface area contributed by atoms with Gasteiger partial charge < -0.3 is 4.74 Å². The van der Waals surface area contributed by atoms with E-state index in [2.05, 4.69) is 11.6 Å². The van der Waals surface area contributed by atoms with Crippen LogP contribution in [-0.2, 0) is 11.2 Å². The van der Waals surface area contributed by atoms with Crippen molar-refractivity contribution in [1.82, 2.24) is 4.98 Å². The summed E-state index contributed by atoms with van der Waals surface area (Å²) in [5.74, 6) is -0.364. The molecule has 3 heteroatoms. The Morgan fingerprint density at radius 2 is 2.15 bits per heavy atom. The molecule has 20 heavy (non-hydrogen) atoms. The maximum Gasteiger partial charge on any atom is 0.339 e. The molecule has 0 aliphatic rings. The molecule has 0 aromatic carbocycles. The molecule has 0 bridgehead atoms. The maximum absolute atomic E-state index is 11.6. The highest BCUT2D eigenvalue weighted by molar-refractivity contribution is 5.90. The summed E-state index contributed by atoms with van der Waals surface area (Å²) in [4.78, 5) is 15.9. The van der Waals surface area contributed by atoms with Crippen LogP contribution >= 0.6 is 0 Å². The normalized spacial score (nSPS) is 10.7. The van der Waals surface area contributed by atoms with Crippen LogP contribution in [0.25, 0.3) is 0 Å². The third kappa shape index (κ3) is 5.65. The molecule has 0 unspecified atom stereocenters. The van der Waals surface area contributed by atoms with Gasteiger partial charge in [0.1, 0.15) is 0 Å². The van der Waals surface area contributed by atoms with Gasteiger partial charge in [0.25, 0.3) is 0 Å². The van der Waals surface area contributed by atoms with Crippen LogP contribution in [0.4, 0.5) is 0 Å². The summed E-state index contributed by atoms with van der Waals surface area (Å²) in [7, 11) is 1.37. The number of nitrogens with zero attached hydrogens (tertiary/aromatic N) is 1. The molecule has 1 heterocycles. The fraction of sp³-hybridized carbons (Fsp3) is 0.294. The van der Waals surface area contributed by atoms with Crippen molar-refractivity contribution in [3.05, 3.63) is 66.0 Å². The predicted octanol–water partition coefficient (Wildman–Crippen LogP) is 4.13. The number of carbonyl (C=O) groups excluding carboxylic acids is 1. The fourth-order valence-electron chi connectivity index (χ4n) is 1.61. The molecule has 0 spiro atoms.